The highest BCUT2D eigenvalue weighted by Gasteiger charge is 2.38. The Labute approximate surface area is 114 Å². The van der Waals surface area contributed by atoms with Crippen molar-refractivity contribution in [1.82, 2.24) is 9.88 Å². The highest BCUT2D eigenvalue weighted by molar-refractivity contribution is 7.80. The van der Waals surface area contributed by atoms with Gasteiger partial charge in [0.05, 0.1) is 17.6 Å². The number of thiocarbonyl (C=S) groups is 1. The molecule has 1 aliphatic carbocycles. The molecule has 1 saturated carbocycles. The highest BCUT2D eigenvalue weighted by atomic mass is 32.1. The minimum Gasteiger partial charge on any atom is -0.388 e. The van der Waals surface area contributed by atoms with E-state index in [4.69, 9.17) is 18.0 Å². The van der Waals surface area contributed by atoms with Gasteiger partial charge < -0.3 is 16.0 Å². The van der Waals surface area contributed by atoms with Gasteiger partial charge in [0.15, 0.2) is 0 Å². The molecule has 0 spiro atoms. The van der Waals surface area contributed by atoms with Crippen LogP contribution in [-0.2, 0) is 0 Å². The predicted molar refractivity (Wildman–Crippen MR) is 78.9 cm³/mol. The SMILES string of the molecule is CN(C)C1(CNc2ccc(C(N)=S)nc2)CCC1. The summed E-state index contributed by atoms with van der Waals surface area (Å²) in [5.41, 5.74) is 7.51. The lowest BCUT2D eigenvalue weighted by atomic mass is 9.75. The van der Waals surface area contributed by atoms with Gasteiger partial charge in [-0.15, -0.1) is 0 Å². The van der Waals surface area contributed by atoms with Gasteiger partial charge in [0.1, 0.15) is 4.99 Å². The van der Waals surface area contributed by atoms with E-state index in [-0.39, 0.29) is 0 Å². The molecular formula is C13H20N4S. The second kappa shape index (κ2) is 5.20. The summed E-state index contributed by atoms with van der Waals surface area (Å²) in [6.07, 6.45) is 5.62. The Morgan fingerprint density at radius 1 is 1.50 bits per heavy atom. The van der Waals surface area contributed by atoms with Gasteiger partial charge in [-0.1, -0.05) is 12.2 Å². The fraction of sp³-hybridized carbons (Fsp3) is 0.538. The molecule has 2 rings (SSSR count). The van der Waals surface area contributed by atoms with Gasteiger partial charge in [-0.2, -0.15) is 0 Å². The van der Waals surface area contributed by atoms with Crippen LogP contribution in [0.25, 0.3) is 0 Å². The number of rotatable bonds is 5. The standard InChI is InChI=1S/C13H20N4S/c1-17(2)13(6-3-7-13)9-16-10-4-5-11(12(14)18)15-8-10/h4-5,8,16H,3,6-7,9H2,1-2H3,(H2,14,18). The van der Waals surface area contributed by atoms with Crippen molar-refractivity contribution in [2.45, 2.75) is 24.8 Å². The topological polar surface area (TPSA) is 54.2 Å². The number of nitrogens with two attached hydrogens (primary N) is 1. The maximum absolute atomic E-state index is 5.52. The lowest BCUT2D eigenvalue weighted by Gasteiger charge is -2.47. The summed E-state index contributed by atoms with van der Waals surface area (Å²) in [7, 11) is 4.30. The Bertz CT molecular complexity index is 423. The van der Waals surface area contributed by atoms with Gasteiger partial charge in [-0.05, 0) is 45.5 Å². The first-order chi connectivity index (χ1) is 8.53. The summed E-state index contributed by atoms with van der Waals surface area (Å²) in [4.78, 5) is 6.88. The van der Waals surface area contributed by atoms with Crippen molar-refractivity contribution in [2.75, 3.05) is 26.0 Å². The van der Waals surface area contributed by atoms with Crippen LogP contribution in [0, 0.1) is 0 Å². The van der Waals surface area contributed by atoms with Crippen molar-refractivity contribution in [3.8, 4) is 0 Å². The zero-order valence-corrected chi connectivity index (χ0v) is 11.8. The zero-order chi connectivity index (χ0) is 13.2. The minimum atomic E-state index is 0.307. The molecule has 1 aromatic rings. The predicted octanol–water partition coefficient (Wildman–Crippen LogP) is 1.61. The average Bonchev–Trinajstić information content (AvgIpc) is 2.27. The quantitative estimate of drug-likeness (QED) is 0.791. The summed E-state index contributed by atoms with van der Waals surface area (Å²) in [5, 5.41) is 3.45. The summed E-state index contributed by atoms with van der Waals surface area (Å²) in [6.45, 7) is 0.952. The maximum Gasteiger partial charge on any atom is 0.122 e. The molecule has 1 aliphatic rings. The van der Waals surface area contributed by atoms with E-state index in [1.165, 1.54) is 19.3 Å². The molecule has 1 aromatic heterocycles. The minimum absolute atomic E-state index is 0.307. The van der Waals surface area contributed by atoms with Crippen molar-refractivity contribution in [3.63, 3.8) is 0 Å². The number of pyridine rings is 1. The molecule has 0 radical (unpaired) electrons. The summed E-state index contributed by atoms with van der Waals surface area (Å²) < 4.78 is 0. The molecule has 0 bridgehead atoms. The van der Waals surface area contributed by atoms with E-state index >= 15 is 0 Å². The van der Waals surface area contributed by atoms with Crippen LogP contribution >= 0.6 is 12.2 Å². The number of anilines is 1. The number of nitrogens with zero attached hydrogens (tertiary/aromatic N) is 2. The summed E-state index contributed by atoms with van der Waals surface area (Å²) in [6, 6.07) is 3.83. The van der Waals surface area contributed by atoms with Crippen molar-refractivity contribution < 1.29 is 0 Å². The number of hydrogen-bond acceptors (Lipinski definition) is 4. The van der Waals surface area contributed by atoms with Crippen LogP contribution in [0.3, 0.4) is 0 Å². The first kappa shape index (κ1) is 13.2. The molecule has 0 aliphatic heterocycles. The number of nitrogens with one attached hydrogen (secondary N) is 1. The molecule has 1 heterocycles. The van der Waals surface area contributed by atoms with Crippen molar-refractivity contribution in [3.05, 3.63) is 24.0 Å². The molecule has 5 heteroatoms. The monoisotopic (exact) mass is 264 g/mol. The Balaban J connectivity index is 1.96. The molecular weight excluding hydrogens is 244 g/mol. The van der Waals surface area contributed by atoms with Crippen molar-refractivity contribution in [1.29, 1.82) is 0 Å². The van der Waals surface area contributed by atoms with E-state index < -0.39 is 0 Å². The van der Waals surface area contributed by atoms with E-state index in [9.17, 15) is 0 Å². The number of aromatic nitrogens is 1. The fourth-order valence-corrected chi connectivity index (χ4v) is 2.40. The number of likely N-dealkylation sites (N-methyl/N-ethyl adjacent to an activating group) is 1. The zero-order valence-electron chi connectivity index (χ0n) is 10.9. The third-order valence-electron chi connectivity index (χ3n) is 3.87. The van der Waals surface area contributed by atoms with Gasteiger partial charge >= 0.3 is 0 Å². The Morgan fingerprint density at radius 2 is 2.22 bits per heavy atom. The number of hydrogen-bond donors (Lipinski definition) is 2. The van der Waals surface area contributed by atoms with Crippen LogP contribution in [0.5, 0.6) is 0 Å². The van der Waals surface area contributed by atoms with Crippen LogP contribution < -0.4 is 11.1 Å². The average molecular weight is 264 g/mol. The van der Waals surface area contributed by atoms with Crippen LogP contribution in [0.15, 0.2) is 18.3 Å². The second-order valence-electron chi connectivity index (χ2n) is 5.12. The van der Waals surface area contributed by atoms with Gasteiger partial charge in [-0.25, -0.2) is 0 Å². The molecule has 3 N–H and O–H groups in total. The molecule has 0 atom stereocenters. The second-order valence-corrected chi connectivity index (χ2v) is 5.56. The van der Waals surface area contributed by atoms with E-state index in [0.717, 1.165) is 12.2 Å². The Kier molecular flexibility index (Phi) is 3.82. The van der Waals surface area contributed by atoms with Crippen LogP contribution in [0.1, 0.15) is 25.0 Å². The first-order valence-electron chi connectivity index (χ1n) is 6.21. The van der Waals surface area contributed by atoms with E-state index in [0.29, 0.717) is 16.2 Å². The Morgan fingerprint density at radius 3 is 2.61 bits per heavy atom. The fourth-order valence-electron chi connectivity index (χ4n) is 2.28. The largest absolute Gasteiger partial charge is 0.388 e. The van der Waals surface area contributed by atoms with E-state index in [2.05, 4.69) is 29.3 Å². The third kappa shape index (κ3) is 2.62. The molecule has 0 amide bonds. The lowest BCUT2D eigenvalue weighted by Crippen LogP contribution is -2.54. The van der Waals surface area contributed by atoms with Gasteiger partial charge in [0.2, 0.25) is 0 Å². The summed E-state index contributed by atoms with van der Waals surface area (Å²) in [5.74, 6) is 0. The summed E-state index contributed by atoms with van der Waals surface area (Å²) >= 11 is 4.88. The third-order valence-corrected chi connectivity index (χ3v) is 4.08. The van der Waals surface area contributed by atoms with Gasteiger partial charge in [-0.3, -0.25) is 4.98 Å². The van der Waals surface area contributed by atoms with E-state index in [1.54, 1.807) is 6.20 Å². The maximum atomic E-state index is 5.52. The molecule has 4 nitrogen and oxygen atoms in total. The van der Waals surface area contributed by atoms with Crippen LogP contribution in [-0.4, -0.2) is 41.1 Å². The molecule has 98 valence electrons. The van der Waals surface area contributed by atoms with E-state index in [1.807, 2.05) is 12.1 Å². The highest BCUT2D eigenvalue weighted by Crippen LogP contribution is 2.36. The molecule has 18 heavy (non-hydrogen) atoms. The van der Waals surface area contributed by atoms with Crippen LogP contribution in [0.4, 0.5) is 5.69 Å². The molecule has 0 aromatic carbocycles. The smallest absolute Gasteiger partial charge is 0.122 e. The molecule has 1 fully saturated rings. The molecule has 0 saturated heterocycles. The van der Waals surface area contributed by atoms with Gasteiger partial charge in [0, 0.05) is 12.1 Å². The van der Waals surface area contributed by atoms with Crippen molar-refractivity contribution in [2.24, 2.45) is 5.73 Å². The van der Waals surface area contributed by atoms with Crippen molar-refractivity contribution >= 4 is 22.9 Å². The molecule has 0 unspecified atom stereocenters. The van der Waals surface area contributed by atoms with Crippen LogP contribution in [0.2, 0.25) is 0 Å². The normalized spacial score (nSPS) is 17.3. The first-order valence-corrected chi connectivity index (χ1v) is 6.61. The van der Waals surface area contributed by atoms with Gasteiger partial charge in [0.25, 0.3) is 0 Å². The lowest BCUT2D eigenvalue weighted by molar-refractivity contribution is 0.0739. The Hall–Kier alpha value is -1.20.